The number of methoxy groups -OCH3 is 1. The van der Waals surface area contributed by atoms with Crippen LogP contribution >= 0.6 is 0 Å². The standard InChI is InChI=1S/C14H17F2NO2/c1-19-9-10-4-5-17(7-10)8-14(18)11-2-3-12(15)13(16)6-11/h2-3,6,10H,4-5,7-9H2,1H3. The van der Waals surface area contributed by atoms with E-state index in [2.05, 4.69) is 0 Å². The Labute approximate surface area is 111 Å². The van der Waals surface area contributed by atoms with Gasteiger partial charge in [-0.25, -0.2) is 8.78 Å². The van der Waals surface area contributed by atoms with Gasteiger partial charge in [0, 0.05) is 19.2 Å². The van der Waals surface area contributed by atoms with Crippen LogP contribution in [0.5, 0.6) is 0 Å². The molecule has 1 saturated heterocycles. The first-order valence-electron chi connectivity index (χ1n) is 6.29. The van der Waals surface area contributed by atoms with E-state index in [0.29, 0.717) is 12.5 Å². The molecule has 2 rings (SSSR count). The van der Waals surface area contributed by atoms with Crippen molar-refractivity contribution in [1.29, 1.82) is 0 Å². The van der Waals surface area contributed by atoms with Gasteiger partial charge in [0.1, 0.15) is 0 Å². The molecule has 19 heavy (non-hydrogen) atoms. The molecule has 0 N–H and O–H groups in total. The topological polar surface area (TPSA) is 29.5 Å². The molecule has 1 aromatic carbocycles. The Morgan fingerprint density at radius 3 is 2.89 bits per heavy atom. The maximum absolute atomic E-state index is 13.1. The number of likely N-dealkylation sites (tertiary alicyclic amines) is 1. The summed E-state index contributed by atoms with van der Waals surface area (Å²) in [4.78, 5) is 14.0. The van der Waals surface area contributed by atoms with Gasteiger partial charge in [0.15, 0.2) is 17.4 Å². The van der Waals surface area contributed by atoms with Crippen molar-refractivity contribution in [2.24, 2.45) is 5.92 Å². The van der Waals surface area contributed by atoms with Crippen molar-refractivity contribution in [3.8, 4) is 0 Å². The second-order valence-corrected chi connectivity index (χ2v) is 4.90. The number of carbonyl (C=O) groups is 1. The summed E-state index contributed by atoms with van der Waals surface area (Å²) >= 11 is 0. The molecule has 1 unspecified atom stereocenters. The maximum atomic E-state index is 13.1. The maximum Gasteiger partial charge on any atom is 0.176 e. The third-order valence-electron chi connectivity index (χ3n) is 3.38. The van der Waals surface area contributed by atoms with Crippen molar-refractivity contribution in [1.82, 2.24) is 4.90 Å². The summed E-state index contributed by atoms with van der Waals surface area (Å²) in [5.74, 6) is -1.65. The van der Waals surface area contributed by atoms with Gasteiger partial charge in [-0.3, -0.25) is 9.69 Å². The molecule has 0 spiro atoms. The molecule has 1 heterocycles. The number of halogens is 2. The summed E-state index contributed by atoms with van der Waals surface area (Å²) in [6.07, 6.45) is 0.999. The van der Waals surface area contributed by atoms with E-state index in [1.54, 1.807) is 7.11 Å². The highest BCUT2D eigenvalue weighted by Gasteiger charge is 2.24. The summed E-state index contributed by atoms with van der Waals surface area (Å²) in [6, 6.07) is 3.27. The molecule has 1 fully saturated rings. The van der Waals surface area contributed by atoms with Gasteiger partial charge < -0.3 is 4.74 Å². The van der Waals surface area contributed by atoms with Crippen molar-refractivity contribution in [2.45, 2.75) is 6.42 Å². The Balaban J connectivity index is 1.92. The van der Waals surface area contributed by atoms with Gasteiger partial charge >= 0.3 is 0 Å². The van der Waals surface area contributed by atoms with Crippen LogP contribution in [0.3, 0.4) is 0 Å². The van der Waals surface area contributed by atoms with Gasteiger partial charge in [-0.05, 0) is 37.1 Å². The van der Waals surface area contributed by atoms with E-state index in [-0.39, 0.29) is 17.9 Å². The van der Waals surface area contributed by atoms with E-state index in [4.69, 9.17) is 4.74 Å². The van der Waals surface area contributed by atoms with Crippen LogP contribution in [0.15, 0.2) is 18.2 Å². The molecular formula is C14H17F2NO2. The number of benzene rings is 1. The highest BCUT2D eigenvalue weighted by molar-refractivity contribution is 5.97. The van der Waals surface area contributed by atoms with Crippen LogP contribution in [0.2, 0.25) is 0 Å². The van der Waals surface area contributed by atoms with Crippen LogP contribution in [0.1, 0.15) is 16.8 Å². The van der Waals surface area contributed by atoms with E-state index >= 15 is 0 Å². The second kappa shape index (κ2) is 6.21. The minimum atomic E-state index is -0.982. The van der Waals surface area contributed by atoms with Gasteiger partial charge in [-0.15, -0.1) is 0 Å². The Hall–Kier alpha value is -1.33. The molecule has 1 atom stereocenters. The molecule has 0 radical (unpaired) electrons. The quantitative estimate of drug-likeness (QED) is 0.767. The Morgan fingerprint density at radius 1 is 1.42 bits per heavy atom. The number of rotatable bonds is 5. The predicted molar refractivity (Wildman–Crippen MR) is 67.1 cm³/mol. The van der Waals surface area contributed by atoms with E-state index < -0.39 is 11.6 Å². The lowest BCUT2D eigenvalue weighted by molar-refractivity contribution is 0.0936. The van der Waals surface area contributed by atoms with E-state index in [0.717, 1.165) is 31.6 Å². The number of ether oxygens (including phenoxy) is 1. The molecule has 1 aliphatic rings. The molecule has 3 nitrogen and oxygen atoms in total. The third-order valence-corrected chi connectivity index (χ3v) is 3.38. The average Bonchev–Trinajstić information content (AvgIpc) is 2.80. The van der Waals surface area contributed by atoms with Gasteiger partial charge in [-0.2, -0.15) is 0 Å². The molecule has 0 bridgehead atoms. The number of hydrogen-bond donors (Lipinski definition) is 0. The minimum absolute atomic E-state index is 0.183. The fourth-order valence-electron chi connectivity index (χ4n) is 2.39. The Bertz CT molecular complexity index is 465. The lowest BCUT2D eigenvalue weighted by Crippen LogP contribution is -2.28. The SMILES string of the molecule is COCC1CCN(CC(=O)c2ccc(F)c(F)c2)C1. The number of nitrogens with zero attached hydrogens (tertiary/aromatic N) is 1. The van der Waals surface area contributed by atoms with Crippen LogP contribution < -0.4 is 0 Å². The molecular weight excluding hydrogens is 252 g/mol. The average molecular weight is 269 g/mol. The van der Waals surface area contributed by atoms with Gasteiger partial charge in [0.25, 0.3) is 0 Å². The number of carbonyl (C=O) groups excluding carboxylic acids is 1. The molecule has 0 aliphatic carbocycles. The van der Waals surface area contributed by atoms with Crippen LogP contribution in [-0.4, -0.2) is 44.0 Å². The normalized spacial score (nSPS) is 19.8. The van der Waals surface area contributed by atoms with Gasteiger partial charge in [0.05, 0.1) is 13.2 Å². The van der Waals surface area contributed by atoms with E-state index in [9.17, 15) is 13.6 Å². The number of Topliss-reactive ketones (excluding diaryl/α,β-unsaturated/α-hetero) is 1. The minimum Gasteiger partial charge on any atom is -0.384 e. The van der Waals surface area contributed by atoms with Crippen molar-refractivity contribution >= 4 is 5.78 Å². The summed E-state index contributed by atoms with van der Waals surface area (Å²) in [7, 11) is 1.66. The number of hydrogen-bond acceptors (Lipinski definition) is 3. The first-order valence-corrected chi connectivity index (χ1v) is 6.29. The summed E-state index contributed by atoms with van der Waals surface area (Å²) in [5.41, 5.74) is 0.217. The molecule has 0 amide bonds. The van der Waals surface area contributed by atoms with E-state index in [1.807, 2.05) is 4.90 Å². The zero-order valence-corrected chi connectivity index (χ0v) is 10.9. The van der Waals surface area contributed by atoms with Crippen molar-refractivity contribution in [3.63, 3.8) is 0 Å². The zero-order chi connectivity index (χ0) is 13.8. The van der Waals surface area contributed by atoms with Crippen molar-refractivity contribution < 1.29 is 18.3 Å². The monoisotopic (exact) mass is 269 g/mol. The molecule has 104 valence electrons. The van der Waals surface area contributed by atoms with Crippen molar-refractivity contribution in [3.05, 3.63) is 35.4 Å². The van der Waals surface area contributed by atoms with Crippen LogP contribution in [0.4, 0.5) is 8.78 Å². The first kappa shape index (κ1) is 14.1. The Kier molecular flexibility index (Phi) is 4.61. The predicted octanol–water partition coefficient (Wildman–Crippen LogP) is 2.12. The number of ketones is 1. The molecule has 1 aromatic rings. The fraction of sp³-hybridized carbons (Fsp3) is 0.500. The second-order valence-electron chi connectivity index (χ2n) is 4.90. The highest BCUT2D eigenvalue weighted by atomic mass is 19.2. The third kappa shape index (κ3) is 3.58. The Morgan fingerprint density at radius 2 is 2.21 bits per heavy atom. The van der Waals surface area contributed by atoms with Crippen molar-refractivity contribution in [2.75, 3.05) is 33.4 Å². The van der Waals surface area contributed by atoms with Crippen LogP contribution in [0, 0.1) is 17.6 Å². The first-order chi connectivity index (χ1) is 9.10. The summed E-state index contributed by atoms with van der Waals surface area (Å²) < 4.78 is 30.9. The molecule has 0 aromatic heterocycles. The highest BCUT2D eigenvalue weighted by Crippen LogP contribution is 2.17. The zero-order valence-electron chi connectivity index (χ0n) is 10.9. The molecule has 5 heteroatoms. The summed E-state index contributed by atoms with van der Waals surface area (Å²) in [6.45, 7) is 2.58. The van der Waals surface area contributed by atoms with Crippen LogP contribution in [-0.2, 0) is 4.74 Å². The van der Waals surface area contributed by atoms with Gasteiger partial charge in [-0.1, -0.05) is 0 Å². The van der Waals surface area contributed by atoms with E-state index in [1.165, 1.54) is 6.07 Å². The molecule has 0 saturated carbocycles. The fourth-order valence-corrected chi connectivity index (χ4v) is 2.39. The van der Waals surface area contributed by atoms with Gasteiger partial charge in [0.2, 0.25) is 0 Å². The largest absolute Gasteiger partial charge is 0.384 e. The molecule has 1 aliphatic heterocycles. The summed E-state index contributed by atoms with van der Waals surface area (Å²) in [5, 5.41) is 0. The lowest BCUT2D eigenvalue weighted by Gasteiger charge is -2.14. The lowest BCUT2D eigenvalue weighted by atomic mass is 10.1. The van der Waals surface area contributed by atoms with Crippen LogP contribution in [0.25, 0.3) is 0 Å². The smallest absolute Gasteiger partial charge is 0.176 e.